The average Bonchev–Trinajstić information content (AvgIpc) is 2.86. The van der Waals surface area contributed by atoms with E-state index >= 15 is 0 Å². The molecule has 19 heavy (non-hydrogen) atoms. The van der Waals surface area contributed by atoms with Crippen molar-refractivity contribution < 1.29 is 19.5 Å². The summed E-state index contributed by atoms with van der Waals surface area (Å²) in [5.74, 6) is 1.15. The van der Waals surface area contributed by atoms with Gasteiger partial charge in [0.1, 0.15) is 6.61 Å². The van der Waals surface area contributed by atoms with Gasteiger partial charge in [-0.1, -0.05) is 11.6 Å². The van der Waals surface area contributed by atoms with E-state index in [1.807, 2.05) is 0 Å². The van der Waals surface area contributed by atoms with Crippen molar-refractivity contribution in [1.82, 2.24) is 0 Å². The van der Waals surface area contributed by atoms with Gasteiger partial charge in [-0.2, -0.15) is 0 Å². The monoisotopic (exact) mass is 298 g/mol. The van der Waals surface area contributed by atoms with Gasteiger partial charge in [-0.05, 0) is 29.0 Å². The van der Waals surface area contributed by atoms with Gasteiger partial charge in [0.2, 0.25) is 0 Å². The topological polar surface area (TPSA) is 58.9 Å². The van der Waals surface area contributed by atoms with Crippen molar-refractivity contribution in [3.8, 4) is 11.5 Å². The van der Waals surface area contributed by atoms with Crippen LogP contribution in [0.5, 0.6) is 11.5 Å². The fraction of sp³-hybridized carbons (Fsp3) is 0.167. The molecule has 0 atom stereocenters. The van der Waals surface area contributed by atoms with Crippen LogP contribution in [-0.4, -0.2) is 24.3 Å². The fourth-order valence-electron chi connectivity index (χ4n) is 1.52. The molecule has 0 saturated carbocycles. The third-order valence-corrected chi connectivity index (χ3v) is 3.63. The van der Waals surface area contributed by atoms with Gasteiger partial charge in [0.25, 0.3) is 0 Å². The van der Waals surface area contributed by atoms with E-state index in [9.17, 15) is 0 Å². The first-order chi connectivity index (χ1) is 9.10. The molecule has 1 aromatic carbocycles. The summed E-state index contributed by atoms with van der Waals surface area (Å²) in [6.07, 6.45) is 0. The Morgan fingerprint density at radius 3 is 2.68 bits per heavy atom. The largest absolute Gasteiger partial charge is 0.493 e. The van der Waals surface area contributed by atoms with Crippen LogP contribution in [-0.2, 0) is 6.61 Å². The number of hydrogen-bond donors (Lipinski definition) is 2. The van der Waals surface area contributed by atoms with Gasteiger partial charge >= 0.3 is 7.12 Å². The van der Waals surface area contributed by atoms with E-state index in [0.717, 1.165) is 4.88 Å². The molecular weight excluding hydrogens is 286 g/mol. The lowest BCUT2D eigenvalue weighted by Crippen LogP contribution is -2.27. The van der Waals surface area contributed by atoms with Crippen molar-refractivity contribution >= 4 is 35.5 Å². The second-order valence-electron chi connectivity index (χ2n) is 3.80. The molecule has 0 aliphatic carbocycles. The molecule has 1 aromatic heterocycles. The summed E-state index contributed by atoms with van der Waals surface area (Å²) in [4.78, 5) is 0.889. The molecule has 4 nitrogen and oxygen atoms in total. The molecule has 0 spiro atoms. The lowest BCUT2D eigenvalue weighted by molar-refractivity contribution is 0.287. The maximum absolute atomic E-state index is 9.02. The minimum atomic E-state index is -1.45. The van der Waals surface area contributed by atoms with Crippen LogP contribution in [0, 0.1) is 0 Å². The Kier molecular flexibility index (Phi) is 4.71. The van der Waals surface area contributed by atoms with Crippen LogP contribution >= 0.6 is 22.9 Å². The first kappa shape index (κ1) is 14.2. The van der Waals surface area contributed by atoms with Crippen molar-refractivity contribution in [2.75, 3.05) is 7.11 Å². The second kappa shape index (κ2) is 6.30. The highest BCUT2D eigenvalue weighted by atomic mass is 35.5. The molecule has 0 fully saturated rings. The number of halogens is 1. The second-order valence-corrected chi connectivity index (χ2v) is 5.24. The van der Waals surface area contributed by atoms with E-state index in [2.05, 4.69) is 0 Å². The van der Waals surface area contributed by atoms with Gasteiger partial charge < -0.3 is 19.5 Å². The van der Waals surface area contributed by atoms with Gasteiger partial charge in [0.05, 0.1) is 7.11 Å². The first-order valence-electron chi connectivity index (χ1n) is 5.50. The number of ether oxygens (including phenoxy) is 2. The molecule has 0 unspecified atom stereocenters. The van der Waals surface area contributed by atoms with Crippen molar-refractivity contribution in [3.05, 3.63) is 39.5 Å². The highest BCUT2D eigenvalue weighted by molar-refractivity contribution is 7.11. The van der Waals surface area contributed by atoms with E-state index in [-0.39, 0.29) is 0 Å². The number of benzene rings is 1. The Balaban J connectivity index is 2.05. The molecule has 100 valence electrons. The van der Waals surface area contributed by atoms with Crippen LogP contribution in [0.2, 0.25) is 5.02 Å². The molecule has 0 amide bonds. The summed E-state index contributed by atoms with van der Waals surface area (Å²) >= 11 is 7.26. The molecule has 0 saturated heterocycles. The Labute approximate surface area is 120 Å². The lowest BCUT2D eigenvalue weighted by atomic mass is 9.83. The zero-order chi connectivity index (χ0) is 13.8. The van der Waals surface area contributed by atoms with Crippen LogP contribution in [0.3, 0.4) is 0 Å². The van der Waals surface area contributed by atoms with Crippen LogP contribution in [0.25, 0.3) is 0 Å². The highest BCUT2D eigenvalue weighted by Gasteiger charge is 2.13. The third kappa shape index (κ3) is 3.64. The number of methoxy groups -OCH3 is 1. The summed E-state index contributed by atoms with van der Waals surface area (Å²) in [5.41, 5.74) is 0.465. The standard InChI is InChI=1S/C12H12BClO4S/c1-17-12-5-9(14)2-3-11(12)18-6-10-4-8(7-19-10)13(15)16/h2-5,7,15-16H,6H2,1H3. The summed E-state index contributed by atoms with van der Waals surface area (Å²) in [5, 5.41) is 20.3. The highest BCUT2D eigenvalue weighted by Crippen LogP contribution is 2.30. The molecule has 2 N–H and O–H groups in total. The van der Waals surface area contributed by atoms with E-state index < -0.39 is 7.12 Å². The van der Waals surface area contributed by atoms with E-state index in [1.54, 1.807) is 36.8 Å². The minimum Gasteiger partial charge on any atom is -0.493 e. The number of rotatable bonds is 5. The van der Waals surface area contributed by atoms with Crippen LogP contribution in [0.1, 0.15) is 4.88 Å². The lowest BCUT2D eigenvalue weighted by Gasteiger charge is -2.09. The molecule has 0 aliphatic rings. The fourth-order valence-corrected chi connectivity index (χ4v) is 2.49. The Morgan fingerprint density at radius 2 is 2.05 bits per heavy atom. The molecule has 0 aliphatic heterocycles. The zero-order valence-corrected chi connectivity index (χ0v) is 11.7. The zero-order valence-electron chi connectivity index (χ0n) is 10.2. The van der Waals surface area contributed by atoms with Crippen molar-refractivity contribution in [3.63, 3.8) is 0 Å². The molecule has 0 bridgehead atoms. The predicted octanol–water partition coefficient (Wildman–Crippen LogP) is 1.67. The van der Waals surface area contributed by atoms with Gasteiger partial charge in [0.15, 0.2) is 11.5 Å². The molecule has 2 rings (SSSR count). The normalized spacial score (nSPS) is 10.3. The third-order valence-electron chi connectivity index (χ3n) is 2.47. The molecular formula is C12H12BClO4S. The van der Waals surface area contributed by atoms with Crippen molar-refractivity contribution in [2.24, 2.45) is 0 Å². The van der Waals surface area contributed by atoms with Crippen LogP contribution in [0.4, 0.5) is 0 Å². The summed E-state index contributed by atoms with van der Waals surface area (Å²) < 4.78 is 10.8. The maximum Gasteiger partial charge on any atom is 0.489 e. The predicted molar refractivity (Wildman–Crippen MR) is 76.5 cm³/mol. The summed E-state index contributed by atoms with van der Waals surface area (Å²) in [6.45, 7) is 0.329. The molecule has 2 aromatic rings. The van der Waals surface area contributed by atoms with E-state index in [1.165, 1.54) is 11.3 Å². The molecule has 0 radical (unpaired) electrons. The minimum absolute atomic E-state index is 0.329. The summed E-state index contributed by atoms with van der Waals surface area (Å²) in [7, 11) is 0.0965. The van der Waals surface area contributed by atoms with Gasteiger partial charge in [-0.3, -0.25) is 0 Å². The van der Waals surface area contributed by atoms with Crippen LogP contribution < -0.4 is 14.9 Å². The Bertz CT molecular complexity index is 558. The molecule has 1 heterocycles. The smallest absolute Gasteiger partial charge is 0.489 e. The average molecular weight is 299 g/mol. The van der Waals surface area contributed by atoms with Gasteiger partial charge in [0, 0.05) is 16.0 Å². The number of hydrogen-bond acceptors (Lipinski definition) is 5. The Hall–Kier alpha value is -1.21. The van der Waals surface area contributed by atoms with Gasteiger partial charge in [-0.25, -0.2) is 0 Å². The van der Waals surface area contributed by atoms with Crippen LogP contribution in [0.15, 0.2) is 29.6 Å². The first-order valence-corrected chi connectivity index (χ1v) is 6.75. The maximum atomic E-state index is 9.02. The van der Waals surface area contributed by atoms with Crippen molar-refractivity contribution in [1.29, 1.82) is 0 Å². The molecule has 7 heteroatoms. The number of thiophene rings is 1. The van der Waals surface area contributed by atoms with E-state index in [4.69, 9.17) is 31.1 Å². The Morgan fingerprint density at radius 1 is 1.26 bits per heavy atom. The van der Waals surface area contributed by atoms with E-state index in [0.29, 0.717) is 28.6 Å². The van der Waals surface area contributed by atoms with Gasteiger partial charge in [-0.15, -0.1) is 11.3 Å². The van der Waals surface area contributed by atoms with Crippen molar-refractivity contribution in [2.45, 2.75) is 6.61 Å². The quantitative estimate of drug-likeness (QED) is 0.825. The SMILES string of the molecule is COc1cc(Cl)ccc1OCc1cc(B(O)O)cs1. The summed E-state index contributed by atoms with van der Waals surface area (Å²) in [6, 6.07) is 6.82.